The number of hydrogen-bond acceptors (Lipinski definition) is 6. The minimum absolute atomic E-state index is 0.154. The Morgan fingerprint density at radius 3 is 2.39 bits per heavy atom. The van der Waals surface area contributed by atoms with Gasteiger partial charge in [-0.05, 0) is 12.1 Å². The van der Waals surface area contributed by atoms with Crippen molar-refractivity contribution in [3.63, 3.8) is 0 Å². The van der Waals surface area contributed by atoms with Crippen molar-refractivity contribution in [1.82, 2.24) is 4.90 Å². The van der Waals surface area contributed by atoms with E-state index in [4.69, 9.17) is 0 Å². The highest BCUT2D eigenvalue weighted by atomic mass is 32.2. The Kier molecular flexibility index (Phi) is 5.53. The quantitative estimate of drug-likeness (QED) is 0.739. The number of carbonyl (C=O) groups is 1. The van der Waals surface area contributed by atoms with E-state index in [-0.39, 0.29) is 23.1 Å². The van der Waals surface area contributed by atoms with Gasteiger partial charge in [0.1, 0.15) is 0 Å². The molecule has 1 aromatic carbocycles. The van der Waals surface area contributed by atoms with Crippen molar-refractivity contribution in [3.8, 4) is 0 Å². The van der Waals surface area contributed by atoms with Gasteiger partial charge in [-0.2, -0.15) is 8.78 Å². The molecule has 0 spiro atoms. The zero-order valence-electron chi connectivity index (χ0n) is 12.6. The molecule has 1 aromatic rings. The number of esters is 1. The molecule has 128 valence electrons. The number of piperazine rings is 1. The van der Waals surface area contributed by atoms with Crippen LogP contribution in [0.5, 0.6) is 0 Å². The summed E-state index contributed by atoms with van der Waals surface area (Å²) in [5.74, 6) is -3.80. The molecule has 1 heterocycles. The highest BCUT2D eigenvalue weighted by molar-refractivity contribution is 7.91. The van der Waals surface area contributed by atoms with E-state index in [1.165, 1.54) is 25.3 Å². The second-order valence-corrected chi connectivity index (χ2v) is 7.00. The van der Waals surface area contributed by atoms with Gasteiger partial charge in [-0.1, -0.05) is 12.1 Å². The van der Waals surface area contributed by atoms with Crippen molar-refractivity contribution in [2.24, 2.45) is 0 Å². The van der Waals surface area contributed by atoms with Crippen molar-refractivity contribution in [2.75, 3.05) is 44.7 Å². The molecule has 23 heavy (non-hydrogen) atoms. The van der Waals surface area contributed by atoms with Crippen LogP contribution in [0.15, 0.2) is 29.2 Å². The molecule has 0 atom stereocenters. The number of nitrogens with zero attached hydrogens (tertiary/aromatic N) is 2. The third kappa shape index (κ3) is 3.97. The van der Waals surface area contributed by atoms with Gasteiger partial charge in [0.2, 0.25) is 9.84 Å². The topological polar surface area (TPSA) is 66.9 Å². The number of anilines is 1. The average Bonchev–Trinajstić information content (AvgIpc) is 2.55. The van der Waals surface area contributed by atoms with E-state index in [0.717, 1.165) is 0 Å². The van der Waals surface area contributed by atoms with Crippen LogP contribution in [0.4, 0.5) is 14.5 Å². The largest absolute Gasteiger partial charge is 0.468 e. The number of rotatable bonds is 5. The minimum Gasteiger partial charge on any atom is -0.468 e. The number of carbonyl (C=O) groups excluding carboxylic acids is 1. The van der Waals surface area contributed by atoms with Crippen LogP contribution < -0.4 is 4.90 Å². The first kappa shape index (κ1) is 17.6. The second-order valence-electron chi connectivity index (χ2n) is 5.11. The van der Waals surface area contributed by atoms with E-state index >= 15 is 0 Å². The number of hydrogen-bond donors (Lipinski definition) is 0. The van der Waals surface area contributed by atoms with Crippen LogP contribution in [0.2, 0.25) is 0 Å². The molecule has 2 rings (SSSR count). The van der Waals surface area contributed by atoms with E-state index in [1.54, 1.807) is 11.0 Å². The van der Waals surface area contributed by atoms with E-state index in [2.05, 4.69) is 4.74 Å². The fourth-order valence-corrected chi connectivity index (χ4v) is 3.40. The van der Waals surface area contributed by atoms with Crippen LogP contribution in [0.3, 0.4) is 0 Å². The van der Waals surface area contributed by atoms with Crippen molar-refractivity contribution in [2.45, 2.75) is 10.7 Å². The molecule has 0 N–H and O–H groups in total. The molecular formula is C14H18F2N2O4S. The number of ether oxygens (including phenoxy) is 1. The van der Waals surface area contributed by atoms with E-state index < -0.39 is 15.6 Å². The summed E-state index contributed by atoms with van der Waals surface area (Å²) in [6.07, 6.45) is 0. The number of alkyl halides is 2. The van der Waals surface area contributed by atoms with Gasteiger partial charge < -0.3 is 9.64 Å². The van der Waals surface area contributed by atoms with Gasteiger partial charge in [0, 0.05) is 26.2 Å². The molecule has 0 saturated carbocycles. The molecule has 1 saturated heterocycles. The maximum Gasteiger partial charge on any atom is 0.341 e. The fraction of sp³-hybridized carbons (Fsp3) is 0.500. The maximum absolute atomic E-state index is 12.8. The van der Waals surface area contributed by atoms with Crippen molar-refractivity contribution in [1.29, 1.82) is 0 Å². The van der Waals surface area contributed by atoms with Crippen molar-refractivity contribution >= 4 is 21.5 Å². The Balaban J connectivity index is 2.15. The molecular weight excluding hydrogens is 330 g/mol. The van der Waals surface area contributed by atoms with Gasteiger partial charge in [0.15, 0.2) is 0 Å². The van der Waals surface area contributed by atoms with Gasteiger partial charge in [0.05, 0.1) is 24.2 Å². The SMILES string of the molecule is COC(=O)CN1CCN(c2ccccc2S(=O)(=O)C(F)F)CC1. The lowest BCUT2D eigenvalue weighted by atomic mass is 10.2. The predicted molar refractivity (Wildman–Crippen MR) is 80.3 cm³/mol. The molecule has 0 bridgehead atoms. The second kappa shape index (κ2) is 7.22. The standard InChI is InChI=1S/C14H18F2N2O4S/c1-22-13(19)10-17-6-8-18(9-7-17)11-4-2-3-5-12(11)23(20,21)14(15)16/h2-5,14H,6-10H2,1H3. The Hall–Kier alpha value is -1.74. The molecule has 9 heteroatoms. The Morgan fingerprint density at radius 2 is 1.83 bits per heavy atom. The number of methoxy groups -OCH3 is 1. The van der Waals surface area contributed by atoms with Gasteiger partial charge >= 0.3 is 11.7 Å². The third-order valence-corrected chi connectivity index (χ3v) is 5.13. The molecule has 0 unspecified atom stereocenters. The van der Waals surface area contributed by atoms with Crippen LogP contribution in [-0.2, 0) is 19.4 Å². The lowest BCUT2D eigenvalue weighted by molar-refractivity contribution is -0.142. The van der Waals surface area contributed by atoms with Crippen LogP contribution in [0.1, 0.15) is 0 Å². The van der Waals surface area contributed by atoms with Gasteiger partial charge in [0.25, 0.3) is 0 Å². The number of benzene rings is 1. The van der Waals surface area contributed by atoms with Gasteiger partial charge in [-0.3, -0.25) is 9.69 Å². The van der Waals surface area contributed by atoms with Crippen LogP contribution >= 0.6 is 0 Å². The Bertz CT molecular complexity index is 658. The first-order chi connectivity index (χ1) is 10.9. The number of sulfone groups is 1. The third-order valence-electron chi connectivity index (χ3n) is 3.70. The summed E-state index contributed by atoms with van der Waals surface area (Å²) in [5, 5.41) is 0. The zero-order valence-corrected chi connectivity index (χ0v) is 13.4. The lowest BCUT2D eigenvalue weighted by Gasteiger charge is -2.36. The van der Waals surface area contributed by atoms with Crippen LogP contribution in [-0.4, -0.2) is 64.9 Å². The molecule has 0 aliphatic carbocycles. The molecule has 0 radical (unpaired) electrons. The molecule has 1 fully saturated rings. The van der Waals surface area contributed by atoms with E-state index in [9.17, 15) is 22.0 Å². The predicted octanol–water partition coefficient (Wildman–Crippen LogP) is 0.978. The normalized spacial score (nSPS) is 16.6. The maximum atomic E-state index is 12.8. The fourth-order valence-electron chi connectivity index (χ4n) is 2.45. The smallest absolute Gasteiger partial charge is 0.341 e. The molecule has 1 aliphatic rings. The van der Waals surface area contributed by atoms with Crippen LogP contribution in [0, 0.1) is 0 Å². The summed E-state index contributed by atoms with van der Waals surface area (Å²) in [4.78, 5) is 14.5. The monoisotopic (exact) mass is 348 g/mol. The summed E-state index contributed by atoms with van der Waals surface area (Å²) in [5.41, 5.74) is 0.269. The summed E-state index contributed by atoms with van der Waals surface area (Å²) in [6, 6.07) is 5.75. The van der Waals surface area contributed by atoms with Gasteiger partial charge in [-0.15, -0.1) is 0 Å². The molecule has 1 aliphatic heterocycles. The van der Waals surface area contributed by atoms with Crippen molar-refractivity contribution in [3.05, 3.63) is 24.3 Å². The van der Waals surface area contributed by atoms with Gasteiger partial charge in [-0.25, -0.2) is 8.42 Å². The van der Waals surface area contributed by atoms with E-state index in [1.807, 2.05) is 4.90 Å². The summed E-state index contributed by atoms with van der Waals surface area (Å²) in [7, 11) is -3.35. The Morgan fingerprint density at radius 1 is 1.22 bits per heavy atom. The Labute approximate surface area is 133 Å². The number of para-hydroxylation sites is 1. The van der Waals surface area contributed by atoms with Crippen molar-refractivity contribution < 1.29 is 26.7 Å². The van der Waals surface area contributed by atoms with Crippen LogP contribution in [0.25, 0.3) is 0 Å². The highest BCUT2D eigenvalue weighted by Crippen LogP contribution is 2.29. The minimum atomic E-state index is -4.66. The summed E-state index contributed by atoms with van der Waals surface area (Å²) < 4.78 is 53.8. The number of halogens is 2. The van der Waals surface area contributed by atoms with E-state index in [0.29, 0.717) is 26.2 Å². The first-order valence-corrected chi connectivity index (χ1v) is 8.56. The first-order valence-electron chi connectivity index (χ1n) is 7.01. The zero-order chi connectivity index (χ0) is 17.0. The highest BCUT2D eigenvalue weighted by Gasteiger charge is 2.31. The molecule has 0 amide bonds. The summed E-state index contributed by atoms with van der Waals surface area (Å²) in [6.45, 7) is 2.05. The lowest BCUT2D eigenvalue weighted by Crippen LogP contribution is -2.48. The average molecular weight is 348 g/mol. The summed E-state index contributed by atoms with van der Waals surface area (Å²) >= 11 is 0. The molecule has 6 nitrogen and oxygen atoms in total. The molecule has 0 aromatic heterocycles.